The Morgan fingerprint density at radius 3 is 2.92 bits per heavy atom. The van der Waals surface area contributed by atoms with E-state index in [0.717, 1.165) is 10.9 Å². The Morgan fingerprint density at radius 1 is 1.46 bits per heavy atom. The summed E-state index contributed by atoms with van der Waals surface area (Å²) in [5, 5.41) is 1.36. The minimum absolute atomic E-state index is 0.450. The molecule has 0 aliphatic heterocycles. The van der Waals surface area contributed by atoms with E-state index in [0.29, 0.717) is 10.6 Å². The van der Waals surface area contributed by atoms with Crippen LogP contribution in [0.5, 0.6) is 0 Å². The van der Waals surface area contributed by atoms with E-state index in [1.165, 1.54) is 0 Å². The molecule has 0 saturated carbocycles. The number of halogens is 1. The van der Waals surface area contributed by atoms with Crippen LogP contribution in [0, 0.1) is 0 Å². The molecule has 0 aliphatic carbocycles. The SMILES string of the molecule is NC(=O)c1c[nH]c2ccc(Cl)cc12. The summed E-state index contributed by atoms with van der Waals surface area (Å²) >= 11 is 5.79. The van der Waals surface area contributed by atoms with Crippen molar-refractivity contribution in [2.75, 3.05) is 0 Å². The lowest BCUT2D eigenvalue weighted by molar-refractivity contribution is 0.100. The van der Waals surface area contributed by atoms with Gasteiger partial charge < -0.3 is 10.7 Å². The maximum Gasteiger partial charge on any atom is 0.250 e. The number of aromatic amines is 1. The first-order chi connectivity index (χ1) is 6.18. The van der Waals surface area contributed by atoms with Crippen LogP contribution in [0.15, 0.2) is 24.4 Å². The van der Waals surface area contributed by atoms with Gasteiger partial charge in [-0.05, 0) is 18.2 Å². The van der Waals surface area contributed by atoms with Crippen LogP contribution in [-0.2, 0) is 0 Å². The standard InChI is InChI=1S/C9H7ClN2O/c10-5-1-2-8-6(3-5)7(4-12-8)9(11)13/h1-4,12H,(H2,11,13). The number of benzene rings is 1. The van der Waals surface area contributed by atoms with Crippen LogP contribution in [0.25, 0.3) is 10.9 Å². The summed E-state index contributed by atoms with van der Waals surface area (Å²) in [5.41, 5.74) is 6.50. The van der Waals surface area contributed by atoms with E-state index in [1.54, 1.807) is 18.3 Å². The zero-order chi connectivity index (χ0) is 9.42. The van der Waals surface area contributed by atoms with Gasteiger partial charge in [0.1, 0.15) is 0 Å². The molecule has 1 aromatic carbocycles. The molecule has 3 nitrogen and oxygen atoms in total. The summed E-state index contributed by atoms with van der Waals surface area (Å²) < 4.78 is 0. The Balaban J connectivity index is 2.79. The van der Waals surface area contributed by atoms with Crippen molar-refractivity contribution in [2.24, 2.45) is 5.73 Å². The van der Waals surface area contributed by atoms with Crippen molar-refractivity contribution >= 4 is 28.4 Å². The predicted molar refractivity (Wildman–Crippen MR) is 51.8 cm³/mol. The van der Waals surface area contributed by atoms with Crippen LogP contribution in [0.3, 0.4) is 0 Å². The molecule has 0 fully saturated rings. The second-order valence-electron chi connectivity index (χ2n) is 2.76. The van der Waals surface area contributed by atoms with Crippen LogP contribution in [0.2, 0.25) is 5.02 Å². The number of nitrogens with two attached hydrogens (primary N) is 1. The zero-order valence-corrected chi connectivity index (χ0v) is 7.43. The number of fused-ring (bicyclic) bond motifs is 1. The van der Waals surface area contributed by atoms with Crippen molar-refractivity contribution in [3.05, 3.63) is 35.0 Å². The maximum atomic E-state index is 10.9. The molecular weight excluding hydrogens is 188 g/mol. The Bertz CT molecular complexity index is 475. The van der Waals surface area contributed by atoms with E-state index in [4.69, 9.17) is 17.3 Å². The molecule has 66 valence electrons. The van der Waals surface area contributed by atoms with Gasteiger partial charge in [0.25, 0.3) is 5.91 Å². The summed E-state index contributed by atoms with van der Waals surface area (Å²) in [6.45, 7) is 0. The highest BCUT2D eigenvalue weighted by Crippen LogP contribution is 2.21. The molecule has 1 amide bonds. The van der Waals surface area contributed by atoms with Gasteiger partial charge in [-0.15, -0.1) is 0 Å². The first kappa shape index (κ1) is 8.13. The third-order valence-electron chi connectivity index (χ3n) is 1.91. The highest BCUT2D eigenvalue weighted by Gasteiger charge is 2.07. The van der Waals surface area contributed by atoms with Gasteiger partial charge in [-0.3, -0.25) is 4.79 Å². The van der Waals surface area contributed by atoms with Crippen LogP contribution in [-0.4, -0.2) is 10.9 Å². The topological polar surface area (TPSA) is 58.9 Å². The largest absolute Gasteiger partial charge is 0.366 e. The number of carbonyl (C=O) groups is 1. The van der Waals surface area contributed by atoms with Crippen molar-refractivity contribution in [3.8, 4) is 0 Å². The lowest BCUT2D eigenvalue weighted by Gasteiger charge is -1.93. The molecule has 0 saturated heterocycles. The highest BCUT2D eigenvalue weighted by atomic mass is 35.5. The van der Waals surface area contributed by atoms with Crippen molar-refractivity contribution in [3.63, 3.8) is 0 Å². The van der Waals surface area contributed by atoms with E-state index in [2.05, 4.69) is 4.98 Å². The van der Waals surface area contributed by atoms with Gasteiger partial charge in [0, 0.05) is 22.1 Å². The summed E-state index contributed by atoms with van der Waals surface area (Å²) in [5.74, 6) is -0.450. The number of aromatic nitrogens is 1. The summed E-state index contributed by atoms with van der Waals surface area (Å²) in [6, 6.07) is 5.28. The second kappa shape index (κ2) is 2.78. The fraction of sp³-hybridized carbons (Fsp3) is 0. The number of primary amides is 1. The Labute approximate surface area is 79.5 Å². The molecule has 2 aromatic rings. The van der Waals surface area contributed by atoms with Gasteiger partial charge in [-0.2, -0.15) is 0 Å². The Hall–Kier alpha value is -1.48. The maximum absolute atomic E-state index is 10.9. The third kappa shape index (κ3) is 1.27. The molecule has 13 heavy (non-hydrogen) atoms. The average molecular weight is 195 g/mol. The Morgan fingerprint density at radius 2 is 2.23 bits per heavy atom. The van der Waals surface area contributed by atoms with Gasteiger partial charge in [0.05, 0.1) is 5.56 Å². The van der Waals surface area contributed by atoms with Crippen molar-refractivity contribution in [1.29, 1.82) is 0 Å². The fourth-order valence-corrected chi connectivity index (χ4v) is 1.47. The molecule has 0 spiro atoms. The lowest BCUT2D eigenvalue weighted by Crippen LogP contribution is -2.09. The van der Waals surface area contributed by atoms with Gasteiger partial charge >= 0.3 is 0 Å². The molecule has 2 rings (SSSR count). The van der Waals surface area contributed by atoms with E-state index >= 15 is 0 Å². The minimum Gasteiger partial charge on any atom is -0.366 e. The monoisotopic (exact) mass is 194 g/mol. The number of hydrogen-bond donors (Lipinski definition) is 2. The summed E-state index contributed by atoms with van der Waals surface area (Å²) in [4.78, 5) is 13.9. The molecular formula is C9H7ClN2O. The number of H-pyrrole nitrogens is 1. The van der Waals surface area contributed by atoms with Crippen molar-refractivity contribution < 1.29 is 4.79 Å². The average Bonchev–Trinajstić information content (AvgIpc) is 2.46. The third-order valence-corrected chi connectivity index (χ3v) is 2.14. The first-order valence-electron chi connectivity index (χ1n) is 3.75. The van der Waals surface area contributed by atoms with Crippen LogP contribution in [0.1, 0.15) is 10.4 Å². The Kier molecular flexibility index (Phi) is 1.74. The van der Waals surface area contributed by atoms with Gasteiger partial charge in [-0.25, -0.2) is 0 Å². The van der Waals surface area contributed by atoms with Crippen LogP contribution in [0.4, 0.5) is 0 Å². The summed E-state index contributed by atoms with van der Waals surface area (Å²) in [6.07, 6.45) is 1.59. The number of nitrogens with one attached hydrogen (secondary N) is 1. The molecule has 0 unspecified atom stereocenters. The van der Waals surface area contributed by atoms with E-state index in [9.17, 15) is 4.79 Å². The van der Waals surface area contributed by atoms with Gasteiger partial charge in [-0.1, -0.05) is 11.6 Å². The minimum atomic E-state index is -0.450. The highest BCUT2D eigenvalue weighted by molar-refractivity contribution is 6.31. The zero-order valence-electron chi connectivity index (χ0n) is 6.67. The molecule has 3 N–H and O–H groups in total. The summed E-state index contributed by atoms with van der Waals surface area (Å²) in [7, 11) is 0. The molecule has 0 atom stereocenters. The number of amides is 1. The predicted octanol–water partition coefficient (Wildman–Crippen LogP) is 1.92. The van der Waals surface area contributed by atoms with Crippen LogP contribution >= 0.6 is 11.6 Å². The molecule has 0 radical (unpaired) electrons. The first-order valence-corrected chi connectivity index (χ1v) is 4.13. The molecule has 4 heteroatoms. The molecule has 0 bridgehead atoms. The molecule has 1 aromatic heterocycles. The number of carbonyl (C=O) groups excluding carboxylic acids is 1. The van der Waals surface area contributed by atoms with E-state index in [-0.39, 0.29) is 0 Å². The smallest absolute Gasteiger partial charge is 0.250 e. The van der Waals surface area contributed by atoms with Crippen molar-refractivity contribution in [2.45, 2.75) is 0 Å². The number of hydrogen-bond acceptors (Lipinski definition) is 1. The lowest BCUT2D eigenvalue weighted by atomic mass is 10.2. The normalized spacial score (nSPS) is 10.5. The van der Waals surface area contributed by atoms with Crippen molar-refractivity contribution in [1.82, 2.24) is 4.98 Å². The van der Waals surface area contributed by atoms with Gasteiger partial charge in [0.15, 0.2) is 0 Å². The van der Waals surface area contributed by atoms with Crippen LogP contribution < -0.4 is 5.73 Å². The molecule has 1 heterocycles. The molecule has 0 aliphatic rings. The fourth-order valence-electron chi connectivity index (χ4n) is 1.30. The quantitative estimate of drug-likeness (QED) is 0.716. The van der Waals surface area contributed by atoms with Gasteiger partial charge in [0.2, 0.25) is 0 Å². The second-order valence-corrected chi connectivity index (χ2v) is 3.19. The van der Waals surface area contributed by atoms with E-state index < -0.39 is 5.91 Å². The number of rotatable bonds is 1. The van der Waals surface area contributed by atoms with E-state index in [1.807, 2.05) is 6.07 Å².